The standard InChI is InChI=1S/C21H22SSi/c22-17-10-18-23(19-11-4-1-5-12-19,20-13-6-2-7-14-20)21-15-8-3-9-16-21/h1-9,11-16,22H,10,17-18H2. The lowest BCUT2D eigenvalue weighted by Crippen LogP contribution is -2.66. The van der Waals surface area contributed by atoms with Gasteiger partial charge in [0.05, 0.1) is 0 Å². The highest BCUT2D eigenvalue weighted by atomic mass is 32.1. The third kappa shape index (κ3) is 3.29. The first-order chi connectivity index (χ1) is 11.4. The van der Waals surface area contributed by atoms with Crippen molar-refractivity contribution in [2.24, 2.45) is 0 Å². The van der Waals surface area contributed by atoms with Crippen molar-refractivity contribution in [2.45, 2.75) is 12.5 Å². The van der Waals surface area contributed by atoms with Gasteiger partial charge in [0.15, 0.2) is 0 Å². The Morgan fingerprint density at radius 1 is 0.565 bits per heavy atom. The molecule has 0 fully saturated rings. The van der Waals surface area contributed by atoms with Gasteiger partial charge in [-0.1, -0.05) is 91.0 Å². The van der Waals surface area contributed by atoms with Crippen molar-refractivity contribution < 1.29 is 0 Å². The Kier molecular flexibility index (Phi) is 5.37. The predicted octanol–water partition coefficient (Wildman–Crippen LogP) is 3.48. The van der Waals surface area contributed by atoms with Crippen LogP contribution >= 0.6 is 12.6 Å². The molecule has 3 rings (SSSR count). The average Bonchev–Trinajstić information content (AvgIpc) is 2.65. The largest absolute Gasteiger partial charge is 0.179 e. The van der Waals surface area contributed by atoms with Crippen LogP contribution in [-0.4, -0.2) is 13.8 Å². The zero-order chi connectivity index (χ0) is 16.0. The van der Waals surface area contributed by atoms with Gasteiger partial charge in [-0.3, -0.25) is 0 Å². The molecule has 0 atom stereocenters. The van der Waals surface area contributed by atoms with Crippen LogP contribution in [0.15, 0.2) is 91.0 Å². The number of benzene rings is 3. The van der Waals surface area contributed by atoms with Crippen molar-refractivity contribution in [3.63, 3.8) is 0 Å². The van der Waals surface area contributed by atoms with Gasteiger partial charge in [-0.25, -0.2) is 0 Å². The Bertz CT molecular complexity index is 614. The second-order valence-electron chi connectivity index (χ2n) is 5.83. The third-order valence-electron chi connectivity index (χ3n) is 4.51. The number of hydrogen-bond acceptors (Lipinski definition) is 1. The molecule has 0 amide bonds. The Morgan fingerprint density at radius 2 is 0.913 bits per heavy atom. The van der Waals surface area contributed by atoms with E-state index in [1.165, 1.54) is 21.6 Å². The van der Waals surface area contributed by atoms with Gasteiger partial charge in [0, 0.05) is 0 Å². The minimum absolute atomic E-state index is 0.932. The van der Waals surface area contributed by atoms with Gasteiger partial charge in [0.25, 0.3) is 0 Å². The predicted molar refractivity (Wildman–Crippen MR) is 107 cm³/mol. The highest BCUT2D eigenvalue weighted by molar-refractivity contribution is 7.80. The molecule has 0 radical (unpaired) electrons. The summed E-state index contributed by atoms with van der Waals surface area (Å²) >= 11 is 4.49. The van der Waals surface area contributed by atoms with Gasteiger partial charge >= 0.3 is 0 Å². The van der Waals surface area contributed by atoms with Gasteiger partial charge in [-0.05, 0) is 33.8 Å². The molecule has 0 saturated carbocycles. The molecule has 116 valence electrons. The van der Waals surface area contributed by atoms with Crippen molar-refractivity contribution in [1.82, 2.24) is 0 Å². The van der Waals surface area contributed by atoms with Crippen LogP contribution in [0.1, 0.15) is 6.42 Å². The summed E-state index contributed by atoms with van der Waals surface area (Å²) in [5, 5.41) is 4.46. The SMILES string of the molecule is SCCC[Si](c1ccccc1)(c1ccccc1)c1ccccc1. The summed E-state index contributed by atoms with van der Waals surface area (Å²) in [5.74, 6) is 0.932. The molecule has 2 heteroatoms. The first-order valence-electron chi connectivity index (χ1n) is 8.15. The van der Waals surface area contributed by atoms with Gasteiger partial charge in [0.2, 0.25) is 0 Å². The van der Waals surface area contributed by atoms with E-state index in [1.54, 1.807) is 0 Å². The van der Waals surface area contributed by atoms with E-state index in [-0.39, 0.29) is 0 Å². The third-order valence-corrected chi connectivity index (χ3v) is 9.89. The van der Waals surface area contributed by atoms with E-state index in [2.05, 4.69) is 104 Å². The molecule has 0 bridgehead atoms. The lowest BCUT2D eigenvalue weighted by atomic mass is 10.3. The zero-order valence-corrected chi connectivity index (χ0v) is 15.1. The van der Waals surface area contributed by atoms with E-state index < -0.39 is 8.07 Å². The van der Waals surface area contributed by atoms with Crippen LogP contribution in [0.5, 0.6) is 0 Å². The molecule has 0 aliphatic carbocycles. The molecule has 0 aromatic heterocycles. The summed E-state index contributed by atoms with van der Waals surface area (Å²) in [7, 11) is -1.99. The van der Waals surface area contributed by atoms with Crippen molar-refractivity contribution >= 4 is 36.3 Å². The van der Waals surface area contributed by atoms with Crippen molar-refractivity contribution in [3.8, 4) is 0 Å². The molecule has 0 N–H and O–H groups in total. The van der Waals surface area contributed by atoms with Gasteiger partial charge < -0.3 is 0 Å². The van der Waals surface area contributed by atoms with Crippen LogP contribution in [-0.2, 0) is 0 Å². The van der Waals surface area contributed by atoms with Gasteiger partial charge in [-0.15, -0.1) is 0 Å². The van der Waals surface area contributed by atoms with Crippen LogP contribution in [0.3, 0.4) is 0 Å². The minimum atomic E-state index is -1.99. The van der Waals surface area contributed by atoms with E-state index in [1.807, 2.05) is 0 Å². The normalized spacial score (nSPS) is 11.3. The van der Waals surface area contributed by atoms with Crippen LogP contribution in [0, 0.1) is 0 Å². The maximum atomic E-state index is 4.49. The van der Waals surface area contributed by atoms with Gasteiger partial charge in [0.1, 0.15) is 8.07 Å². The molecular formula is C21H22SSi. The Balaban J connectivity index is 2.25. The first-order valence-corrected chi connectivity index (χ1v) is 11.0. The maximum Gasteiger partial charge on any atom is 0.148 e. The van der Waals surface area contributed by atoms with E-state index in [0.717, 1.165) is 12.2 Å². The van der Waals surface area contributed by atoms with E-state index in [4.69, 9.17) is 0 Å². The fraction of sp³-hybridized carbons (Fsp3) is 0.143. The first kappa shape index (κ1) is 16.1. The summed E-state index contributed by atoms with van der Waals surface area (Å²) < 4.78 is 0. The molecule has 0 aliphatic heterocycles. The summed E-state index contributed by atoms with van der Waals surface area (Å²) in [6.07, 6.45) is 1.13. The molecule has 0 unspecified atom stereocenters. The van der Waals surface area contributed by atoms with Gasteiger partial charge in [-0.2, -0.15) is 12.6 Å². The quantitative estimate of drug-likeness (QED) is 0.398. The molecule has 0 saturated heterocycles. The second-order valence-corrected chi connectivity index (χ2v) is 10.3. The zero-order valence-electron chi connectivity index (χ0n) is 13.2. The molecule has 3 aromatic carbocycles. The van der Waals surface area contributed by atoms with Crippen molar-refractivity contribution in [3.05, 3.63) is 91.0 Å². The molecule has 0 spiro atoms. The smallest absolute Gasteiger partial charge is 0.148 e. The molecule has 0 heterocycles. The van der Waals surface area contributed by atoms with Crippen molar-refractivity contribution in [1.29, 1.82) is 0 Å². The Labute approximate surface area is 145 Å². The molecule has 23 heavy (non-hydrogen) atoms. The number of hydrogen-bond donors (Lipinski definition) is 1. The number of rotatable bonds is 6. The van der Waals surface area contributed by atoms with Crippen LogP contribution in [0.4, 0.5) is 0 Å². The lowest BCUT2D eigenvalue weighted by Gasteiger charge is -2.33. The average molecular weight is 335 g/mol. The molecular weight excluding hydrogens is 312 g/mol. The monoisotopic (exact) mass is 334 g/mol. The summed E-state index contributed by atoms with van der Waals surface area (Å²) in [5.41, 5.74) is 0. The number of thiol groups is 1. The topological polar surface area (TPSA) is 0 Å². The lowest BCUT2D eigenvalue weighted by molar-refractivity contribution is 1.08. The second kappa shape index (κ2) is 7.67. The summed E-state index contributed by atoms with van der Waals surface area (Å²) in [6, 6.07) is 34.4. The minimum Gasteiger partial charge on any atom is -0.179 e. The fourth-order valence-corrected chi connectivity index (χ4v) is 8.76. The van der Waals surface area contributed by atoms with Crippen LogP contribution in [0.25, 0.3) is 0 Å². The van der Waals surface area contributed by atoms with Crippen LogP contribution in [0.2, 0.25) is 6.04 Å². The summed E-state index contributed by atoms with van der Waals surface area (Å²) in [6.45, 7) is 0. The van der Waals surface area contributed by atoms with E-state index in [9.17, 15) is 0 Å². The summed E-state index contributed by atoms with van der Waals surface area (Å²) in [4.78, 5) is 0. The van der Waals surface area contributed by atoms with Crippen LogP contribution < -0.4 is 15.6 Å². The van der Waals surface area contributed by atoms with E-state index in [0.29, 0.717) is 0 Å². The Hall–Kier alpha value is -1.77. The Morgan fingerprint density at radius 3 is 1.22 bits per heavy atom. The maximum absolute atomic E-state index is 4.49. The molecule has 3 aromatic rings. The molecule has 0 nitrogen and oxygen atoms in total. The molecule has 0 aliphatic rings. The van der Waals surface area contributed by atoms with Crippen molar-refractivity contribution in [2.75, 3.05) is 5.75 Å². The fourth-order valence-electron chi connectivity index (χ4n) is 3.45. The highest BCUT2D eigenvalue weighted by Gasteiger charge is 2.38. The van der Waals surface area contributed by atoms with E-state index >= 15 is 0 Å². The highest BCUT2D eigenvalue weighted by Crippen LogP contribution is 2.15.